The van der Waals surface area contributed by atoms with Gasteiger partial charge in [-0.15, -0.1) is 0 Å². The fraction of sp³-hybridized carbons (Fsp3) is 1.00. The molecule has 0 amide bonds. The molecule has 0 aromatic rings. The van der Waals surface area contributed by atoms with E-state index in [1.807, 2.05) is 0 Å². The summed E-state index contributed by atoms with van der Waals surface area (Å²) in [6.07, 6.45) is 8.80. The fourth-order valence-electron chi connectivity index (χ4n) is 5.23. The third kappa shape index (κ3) is 2.12. The summed E-state index contributed by atoms with van der Waals surface area (Å²) < 4.78 is 0. The van der Waals surface area contributed by atoms with Gasteiger partial charge in [-0.05, 0) is 57.8 Å². The minimum atomic E-state index is 0.653. The van der Waals surface area contributed by atoms with Crippen molar-refractivity contribution in [3.8, 4) is 0 Å². The summed E-state index contributed by atoms with van der Waals surface area (Å²) in [4.78, 5) is 2.83. The molecule has 18 heavy (non-hydrogen) atoms. The molecular weight excluding hydrogens is 220 g/mol. The number of piperidine rings is 1. The van der Waals surface area contributed by atoms with Crippen molar-refractivity contribution < 1.29 is 0 Å². The summed E-state index contributed by atoms with van der Waals surface area (Å²) in [7, 11) is 0. The van der Waals surface area contributed by atoms with Crippen molar-refractivity contribution in [2.45, 2.75) is 96.4 Å². The number of hydrogen-bond acceptors (Lipinski definition) is 2. The summed E-state index contributed by atoms with van der Waals surface area (Å²) in [6.45, 7) is 9.31. The SMILES string of the molecule is CC(C)NC1CC2(C1)CC1CCC(C2)N1C(C)C. The monoisotopic (exact) mass is 250 g/mol. The van der Waals surface area contributed by atoms with Crippen molar-refractivity contribution in [3.05, 3.63) is 0 Å². The lowest BCUT2D eigenvalue weighted by atomic mass is 9.58. The van der Waals surface area contributed by atoms with E-state index in [1.54, 1.807) is 0 Å². The van der Waals surface area contributed by atoms with E-state index in [2.05, 4.69) is 37.9 Å². The first-order chi connectivity index (χ1) is 8.49. The highest BCUT2D eigenvalue weighted by atomic mass is 15.2. The number of nitrogens with zero attached hydrogens (tertiary/aromatic N) is 1. The molecule has 104 valence electrons. The van der Waals surface area contributed by atoms with Gasteiger partial charge in [0.1, 0.15) is 0 Å². The second kappa shape index (κ2) is 4.49. The van der Waals surface area contributed by atoms with Gasteiger partial charge >= 0.3 is 0 Å². The van der Waals surface area contributed by atoms with E-state index < -0.39 is 0 Å². The van der Waals surface area contributed by atoms with Gasteiger partial charge < -0.3 is 5.32 Å². The third-order valence-corrected chi connectivity index (χ3v) is 5.54. The smallest absolute Gasteiger partial charge is 0.0107 e. The van der Waals surface area contributed by atoms with Crippen molar-refractivity contribution >= 4 is 0 Å². The van der Waals surface area contributed by atoms with Crippen LogP contribution < -0.4 is 5.32 Å². The van der Waals surface area contributed by atoms with Crippen LogP contribution in [0.3, 0.4) is 0 Å². The number of rotatable bonds is 3. The van der Waals surface area contributed by atoms with Crippen LogP contribution in [0.1, 0.15) is 66.2 Å². The van der Waals surface area contributed by atoms with Crippen molar-refractivity contribution in [2.75, 3.05) is 0 Å². The fourth-order valence-corrected chi connectivity index (χ4v) is 5.23. The Kier molecular flexibility index (Phi) is 3.22. The van der Waals surface area contributed by atoms with Crippen LogP contribution in [0.15, 0.2) is 0 Å². The van der Waals surface area contributed by atoms with Crippen LogP contribution in [-0.4, -0.2) is 35.1 Å². The van der Waals surface area contributed by atoms with Crippen molar-refractivity contribution in [1.82, 2.24) is 10.2 Å². The lowest BCUT2D eigenvalue weighted by Crippen LogP contribution is -2.58. The van der Waals surface area contributed by atoms with E-state index in [0.717, 1.165) is 29.6 Å². The number of hydrogen-bond donors (Lipinski definition) is 1. The Balaban J connectivity index is 1.60. The number of fused-ring (bicyclic) bond motifs is 2. The minimum absolute atomic E-state index is 0.653. The quantitative estimate of drug-likeness (QED) is 0.827. The molecule has 3 fully saturated rings. The molecule has 2 nitrogen and oxygen atoms in total. The van der Waals surface area contributed by atoms with Gasteiger partial charge in [-0.1, -0.05) is 13.8 Å². The van der Waals surface area contributed by atoms with Gasteiger partial charge in [-0.2, -0.15) is 0 Å². The lowest BCUT2D eigenvalue weighted by molar-refractivity contribution is -0.0433. The Morgan fingerprint density at radius 2 is 1.50 bits per heavy atom. The zero-order valence-corrected chi connectivity index (χ0v) is 12.6. The Hall–Kier alpha value is -0.0800. The number of nitrogens with one attached hydrogen (secondary N) is 1. The summed E-state index contributed by atoms with van der Waals surface area (Å²) in [5.74, 6) is 0. The molecule has 2 heteroatoms. The van der Waals surface area contributed by atoms with Gasteiger partial charge in [-0.25, -0.2) is 0 Å². The molecule has 0 aromatic carbocycles. The maximum absolute atomic E-state index is 3.72. The standard InChI is InChI=1S/C16H30N2/c1-11(2)17-13-7-16(8-13)9-14-5-6-15(10-16)18(14)12(3)4/h11-15,17H,5-10H2,1-4H3. The molecule has 1 spiro atoms. The molecule has 2 atom stereocenters. The predicted molar refractivity (Wildman–Crippen MR) is 76.7 cm³/mol. The average Bonchev–Trinajstić information content (AvgIpc) is 2.49. The van der Waals surface area contributed by atoms with Gasteiger partial charge in [0.25, 0.3) is 0 Å². The van der Waals surface area contributed by atoms with Crippen LogP contribution in [0, 0.1) is 5.41 Å². The third-order valence-electron chi connectivity index (χ3n) is 5.54. The summed E-state index contributed by atoms with van der Waals surface area (Å²) in [5, 5.41) is 3.72. The average molecular weight is 250 g/mol. The maximum atomic E-state index is 3.72. The molecule has 2 saturated heterocycles. The maximum Gasteiger partial charge on any atom is 0.0107 e. The first-order valence-corrected chi connectivity index (χ1v) is 8.03. The Morgan fingerprint density at radius 1 is 0.944 bits per heavy atom. The van der Waals surface area contributed by atoms with E-state index in [1.165, 1.54) is 38.5 Å². The molecular formula is C16H30N2. The molecule has 1 saturated carbocycles. The Bertz CT molecular complexity index is 288. The predicted octanol–water partition coefficient (Wildman–Crippen LogP) is 3.17. The molecule has 0 radical (unpaired) electrons. The Labute approximate surface area is 113 Å². The van der Waals surface area contributed by atoms with Crippen LogP contribution in [-0.2, 0) is 0 Å². The van der Waals surface area contributed by atoms with Crippen LogP contribution in [0.2, 0.25) is 0 Å². The molecule has 1 aliphatic carbocycles. The van der Waals surface area contributed by atoms with Crippen LogP contribution in [0.5, 0.6) is 0 Å². The molecule has 3 rings (SSSR count). The van der Waals surface area contributed by atoms with Crippen molar-refractivity contribution in [3.63, 3.8) is 0 Å². The van der Waals surface area contributed by atoms with Crippen LogP contribution >= 0.6 is 0 Å². The zero-order valence-electron chi connectivity index (χ0n) is 12.6. The molecule has 3 aliphatic rings. The topological polar surface area (TPSA) is 15.3 Å². The molecule has 0 aromatic heterocycles. The normalized spacial score (nSPS) is 44.0. The second-order valence-electron chi connectivity index (χ2n) is 7.76. The largest absolute Gasteiger partial charge is 0.312 e. The molecule has 2 bridgehead atoms. The Morgan fingerprint density at radius 3 is 1.94 bits per heavy atom. The van der Waals surface area contributed by atoms with Crippen LogP contribution in [0.25, 0.3) is 0 Å². The van der Waals surface area contributed by atoms with Gasteiger partial charge in [0.2, 0.25) is 0 Å². The van der Waals surface area contributed by atoms with E-state index in [9.17, 15) is 0 Å². The minimum Gasteiger partial charge on any atom is -0.312 e. The molecule has 2 aliphatic heterocycles. The lowest BCUT2D eigenvalue weighted by Gasteiger charge is -2.56. The summed E-state index contributed by atoms with van der Waals surface area (Å²) in [6, 6.07) is 4.03. The molecule has 2 unspecified atom stereocenters. The van der Waals surface area contributed by atoms with Gasteiger partial charge in [0.15, 0.2) is 0 Å². The first-order valence-electron chi connectivity index (χ1n) is 8.03. The first kappa shape index (κ1) is 12.9. The van der Waals surface area contributed by atoms with Gasteiger partial charge in [-0.3, -0.25) is 4.90 Å². The molecule has 1 N–H and O–H groups in total. The van der Waals surface area contributed by atoms with E-state index >= 15 is 0 Å². The zero-order chi connectivity index (χ0) is 12.9. The van der Waals surface area contributed by atoms with Crippen LogP contribution in [0.4, 0.5) is 0 Å². The molecule has 2 heterocycles. The second-order valence-corrected chi connectivity index (χ2v) is 7.76. The van der Waals surface area contributed by atoms with Crippen molar-refractivity contribution in [2.24, 2.45) is 5.41 Å². The summed E-state index contributed by atoms with van der Waals surface area (Å²) >= 11 is 0. The van der Waals surface area contributed by atoms with E-state index in [-0.39, 0.29) is 0 Å². The highest BCUT2D eigenvalue weighted by Crippen LogP contribution is 2.56. The highest BCUT2D eigenvalue weighted by molar-refractivity contribution is 5.09. The van der Waals surface area contributed by atoms with Crippen molar-refractivity contribution in [1.29, 1.82) is 0 Å². The highest BCUT2D eigenvalue weighted by Gasteiger charge is 2.54. The van der Waals surface area contributed by atoms with Gasteiger partial charge in [0, 0.05) is 30.2 Å². The van der Waals surface area contributed by atoms with E-state index in [0.29, 0.717) is 6.04 Å². The van der Waals surface area contributed by atoms with Gasteiger partial charge in [0.05, 0.1) is 0 Å². The summed E-state index contributed by atoms with van der Waals surface area (Å²) in [5.41, 5.74) is 0.726. The van der Waals surface area contributed by atoms with E-state index in [4.69, 9.17) is 0 Å².